The van der Waals surface area contributed by atoms with Gasteiger partial charge in [0.15, 0.2) is 6.04 Å². The minimum Gasteiger partial charge on any atom is -0.461 e. The van der Waals surface area contributed by atoms with E-state index in [9.17, 15) is 9.59 Å². The third kappa shape index (κ3) is 9.10. The Labute approximate surface area is 152 Å². The van der Waals surface area contributed by atoms with Gasteiger partial charge in [0.2, 0.25) is 0 Å². The Hall–Kier alpha value is -1.30. The van der Waals surface area contributed by atoms with Gasteiger partial charge in [-0.05, 0) is 58.8 Å². The molecule has 1 heterocycles. The molecule has 0 saturated carbocycles. The van der Waals surface area contributed by atoms with E-state index in [0.29, 0.717) is 18.4 Å². The minimum atomic E-state index is -0.846. The van der Waals surface area contributed by atoms with Gasteiger partial charge in [-0.2, -0.15) is 0 Å². The summed E-state index contributed by atoms with van der Waals surface area (Å²) in [6.45, 7) is 12.3. The van der Waals surface area contributed by atoms with Crippen LogP contribution in [0.3, 0.4) is 0 Å². The average Bonchev–Trinajstić information content (AvgIpc) is 2.45. The molecular weight excluding hydrogens is 322 g/mol. The molecule has 1 saturated heterocycles. The second kappa shape index (κ2) is 10.00. The fraction of sp³-hybridized carbons (Fsp3) is 0.895. The number of amides is 1. The van der Waals surface area contributed by atoms with Gasteiger partial charge in [0.05, 0.1) is 6.61 Å². The van der Waals surface area contributed by atoms with Crippen molar-refractivity contribution >= 4 is 12.1 Å². The molecule has 25 heavy (non-hydrogen) atoms. The van der Waals surface area contributed by atoms with Gasteiger partial charge in [0.1, 0.15) is 11.7 Å². The predicted octanol–water partition coefficient (Wildman–Crippen LogP) is 3.67. The maximum absolute atomic E-state index is 12.5. The Balaban J connectivity index is 2.67. The molecule has 0 aromatic rings. The second-order valence-electron chi connectivity index (χ2n) is 8.29. The van der Waals surface area contributed by atoms with Crippen LogP contribution < -0.4 is 5.32 Å². The molecule has 146 valence electrons. The molecule has 1 aliphatic rings. The number of hydrogen-bond donors (Lipinski definition) is 1. The summed E-state index contributed by atoms with van der Waals surface area (Å²) < 4.78 is 16.4. The summed E-state index contributed by atoms with van der Waals surface area (Å²) in [6, 6.07) is -0.846. The van der Waals surface area contributed by atoms with Crippen molar-refractivity contribution in [2.45, 2.75) is 85.0 Å². The lowest BCUT2D eigenvalue weighted by molar-refractivity contribution is -0.156. The highest BCUT2D eigenvalue weighted by atomic mass is 16.6. The topological polar surface area (TPSA) is 73.9 Å². The van der Waals surface area contributed by atoms with Crippen molar-refractivity contribution in [1.82, 2.24) is 5.32 Å². The van der Waals surface area contributed by atoms with Crippen molar-refractivity contribution in [2.24, 2.45) is 11.8 Å². The molecule has 6 nitrogen and oxygen atoms in total. The summed E-state index contributed by atoms with van der Waals surface area (Å²) in [6.07, 6.45) is 3.21. The molecule has 1 rings (SSSR count). The van der Waals surface area contributed by atoms with E-state index in [4.69, 9.17) is 14.2 Å². The van der Waals surface area contributed by atoms with Crippen molar-refractivity contribution in [3.05, 3.63) is 0 Å². The summed E-state index contributed by atoms with van der Waals surface area (Å²) in [4.78, 5) is 24.4. The van der Waals surface area contributed by atoms with E-state index in [-0.39, 0.29) is 12.7 Å². The van der Waals surface area contributed by atoms with Gasteiger partial charge in [-0.25, -0.2) is 9.59 Å². The first-order valence-electron chi connectivity index (χ1n) is 9.36. The lowest BCUT2D eigenvalue weighted by Crippen LogP contribution is -2.48. The number of carbonyl (C=O) groups is 2. The van der Waals surface area contributed by atoms with E-state index < -0.39 is 23.7 Å². The molecule has 6 heteroatoms. The predicted molar refractivity (Wildman–Crippen MR) is 96.3 cm³/mol. The van der Waals surface area contributed by atoms with E-state index in [1.807, 2.05) is 6.92 Å². The Bertz CT molecular complexity index is 430. The lowest BCUT2D eigenvalue weighted by Gasteiger charge is -2.29. The number of carbonyl (C=O) groups excluding carboxylic acids is 2. The van der Waals surface area contributed by atoms with E-state index in [1.54, 1.807) is 20.8 Å². The van der Waals surface area contributed by atoms with Crippen LogP contribution in [0, 0.1) is 11.8 Å². The fourth-order valence-corrected chi connectivity index (χ4v) is 2.79. The van der Waals surface area contributed by atoms with Crippen LogP contribution in [0.2, 0.25) is 0 Å². The molecule has 1 amide bonds. The first-order valence-corrected chi connectivity index (χ1v) is 9.36. The number of alkyl carbamates (subject to hydrolysis) is 1. The third-order valence-electron chi connectivity index (χ3n) is 4.20. The monoisotopic (exact) mass is 357 g/mol. The van der Waals surface area contributed by atoms with Crippen molar-refractivity contribution in [3.63, 3.8) is 0 Å². The number of ether oxygens (including phenoxy) is 3. The zero-order chi connectivity index (χ0) is 19.0. The lowest BCUT2D eigenvalue weighted by atomic mass is 9.90. The van der Waals surface area contributed by atoms with E-state index >= 15 is 0 Å². The average molecular weight is 357 g/mol. The molecule has 1 N–H and O–H groups in total. The standard InChI is InChI=1S/C19H35NO5/c1-13(2)9-10-15-8-7-11-23-12-16(17(21)24-14(15)3)20-18(22)25-19(4,5)6/h13-16H,7-12H2,1-6H3,(H,20,22)/t14-,15-,16-/m0/s1. The van der Waals surface area contributed by atoms with Crippen molar-refractivity contribution < 1.29 is 23.8 Å². The maximum Gasteiger partial charge on any atom is 0.408 e. The van der Waals surface area contributed by atoms with E-state index in [2.05, 4.69) is 19.2 Å². The third-order valence-corrected chi connectivity index (χ3v) is 4.20. The van der Waals surface area contributed by atoms with Crippen LogP contribution in [0.4, 0.5) is 4.79 Å². The highest BCUT2D eigenvalue weighted by Crippen LogP contribution is 2.24. The summed E-state index contributed by atoms with van der Waals surface area (Å²) in [5, 5.41) is 2.57. The fourth-order valence-electron chi connectivity index (χ4n) is 2.79. The van der Waals surface area contributed by atoms with Gasteiger partial charge in [-0.3, -0.25) is 0 Å². The number of hydrogen-bond acceptors (Lipinski definition) is 5. The summed E-state index contributed by atoms with van der Waals surface area (Å²) in [7, 11) is 0. The van der Waals surface area contributed by atoms with Crippen molar-refractivity contribution in [1.29, 1.82) is 0 Å². The first-order chi connectivity index (χ1) is 11.6. The molecule has 0 aromatic carbocycles. The van der Waals surface area contributed by atoms with Gasteiger partial charge in [-0.1, -0.05) is 20.3 Å². The number of nitrogens with one attached hydrogen (secondary N) is 1. The van der Waals surface area contributed by atoms with Crippen LogP contribution in [0.15, 0.2) is 0 Å². The van der Waals surface area contributed by atoms with Crippen LogP contribution in [0.1, 0.15) is 67.2 Å². The molecule has 0 unspecified atom stereocenters. The summed E-state index contributed by atoms with van der Waals surface area (Å²) >= 11 is 0. The molecule has 1 fully saturated rings. The van der Waals surface area contributed by atoms with Crippen LogP contribution in [0.5, 0.6) is 0 Å². The van der Waals surface area contributed by atoms with E-state index in [0.717, 1.165) is 25.7 Å². The molecule has 1 aliphatic heterocycles. The second-order valence-corrected chi connectivity index (χ2v) is 8.29. The zero-order valence-corrected chi connectivity index (χ0v) is 16.6. The summed E-state index contributed by atoms with van der Waals surface area (Å²) in [5.41, 5.74) is -0.625. The van der Waals surface area contributed by atoms with Crippen LogP contribution in [-0.4, -0.2) is 43.0 Å². The Morgan fingerprint density at radius 1 is 1.36 bits per heavy atom. The summed E-state index contributed by atoms with van der Waals surface area (Å²) in [5.74, 6) is 0.473. The molecule has 0 aromatic heterocycles. The highest BCUT2D eigenvalue weighted by molar-refractivity contribution is 5.81. The molecule has 0 spiro atoms. The van der Waals surface area contributed by atoms with Crippen molar-refractivity contribution in [2.75, 3.05) is 13.2 Å². The SMILES string of the molecule is CC(C)CC[C@@H]1CCCOC[C@H](NC(=O)OC(C)(C)C)C(=O)O[C@H]1C. The molecule has 0 radical (unpaired) electrons. The van der Waals surface area contributed by atoms with Gasteiger partial charge >= 0.3 is 12.1 Å². The number of rotatable bonds is 4. The largest absolute Gasteiger partial charge is 0.461 e. The van der Waals surface area contributed by atoms with E-state index in [1.165, 1.54) is 0 Å². The van der Waals surface area contributed by atoms with Crippen LogP contribution in [-0.2, 0) is 19.0 Å². The molecule has 0 bridgehead atoms. The number of cyclic esters (lactones) is 1. The Kier molecular flexibility index (Phi) is 8.69. The zero-order valence-electron chi connectivity index (χ0n) is 16.6. The first kappa shape index (κ1) is 21.7. The Morgan fingerprint density at radius 3 is 2.64 bits per heavy atom. The minimum absolute atomic E-state index is 0.0987. The Morgan fingerprint density at radius 2 is 2.04 bits per heavy atom. The van der Waals surface area contributed by atoms with Gasteiger partial charge in [0.25, 0.3) is 0 Å². The van der Waals surface area contributed by atoms with Crippen molar-refractivity contribution in [3.8, 4) is 0 Å². The van der Waals surface area contributed by atoms with Crippen LogP contribution >= 0.6 is 0 Å². The van der Waals surface area contributed by atoms with Gasteiger partial charge in [0, 0.05) is 6.61 Å². The normalized spacial score (nSPS) is 26.0. The van der Waals surface area contributed by atoms with Crippen LogP contribution in [0.25, 0.3) is 0 Å². The molecular formula is C19H35NO5. The molecule has 0 aliphatic carbocycles. The van der Waals surface area contributed by atoms with Gasteiger partial charge in [-0.15, -0.1) is 0 Å². The highest BCUT2D eigenvalue weighted by Gasteiger charge is 2.30. The number of esters is 1. The smallest absolute Gasteiger partial charge is 0.408 e. The molecule has 3 atom stereocenters. The quantitative estimate of drug-likeness (QED) is 0.777. The van der Waals surface area contributed by atoms with Gasteiger partial charge < -0.3 is 19.5 Å². The maximum atomic E-state index is 12.5.